The molecule has 0 heterocycles. The maximum absolute atomic E-state index is 14.3. The molecule has 136 valence electrons. The van der Waals surface area contributed by atoms with Gasteiger partial charge in [-0.15, -0.1) is 0 Å². The van der Waals surface area contributed by atoms with Crippen molar-refractivity contribution in [1.82, 2.24) is 5.32 Å². The second-order valence-corrected chi connectivity index (χ2v) is 6.44. The number of benzene rings is 2. The van der Waals surface area contributed by atoms with Crippen molar-refractivity contribution >= 4 is 11.7 Å². The van der Waals surface area contributed by atoms with Gasteiger partial charge in [-0.1, -0.05) is 41.6 Å². The number of hydrogen-bond acceptors (Lipinski definition) is 3. The molecule has 1 aliphatic rings. The van der Waals surface area contributed by atoms with Crippen LogP contribution in [0.3, 0.4) is 0 Å². The lowest BCUT2D eigenvalue weighted by Gasteiger charge is -2.13. The molecule has 0 spiro atoms. The van der Waals surface area contributed by atoms with Gasteiger partial charge in [0.15, 0.2) is 17.5 Å². The summed E-state index contributed by atoms with van der Waals surface area (Å²) in [5, 5.41) is 6.46. The zero-order valence-electron chi connectivity index (χ0n) is 14.5. The van der Waals surface area contributed by atoms with Gasteiger partial charge in [-0.05, 0) is 42.9 Å². The van der Waals surface area contributed by atoms with Crippen LogP contribution in [0.15, 0.2) is 47.6 Å². The Morgan fingerprint density at radius 1 is 1.19 bits per heavy atom. The number of aryl methyl sites for hydroxylation is 1. The Balaban J connectivity index is 1.81. The second-order valence-electron chi connectivity index (χ2n) is 6.44. The number of amides is 1. The Hall–Kier alpha value is -2.76. The van der Waals surface area contributed by atoms with Crippen LogP contribution >= 0.6 is 0 Å². The number of nitrogens with zero attached hydrogens (tertiary/aromatic N) is 1. The van der Waals surface area contributed by atoms with Crippen LogP contribution in [0.1, 0.15) is 29.5 Å². The molecule has 1 aliphatic carbocycles. The smallest absolute Gasteiger partial charge is 0.230 e. The Morgan fingerprint density at radius 3 is 2.62 bits per heavy atom. The molecule has 0 bridgehead atoms. The van der Waals surface area contributed by atoms with Crippen LogP contribution in [0.4, 0.5) is 8.78 Å². The molecule has 2 aromatic carbocycles. The molecule has 4 nitrogen and oxygen atoms in total. The second kappa shape index (κ2) is 8.08. The van der Waals surface area contributed by atoms with Crippen molar-refractivity contribution in [1.29, 1.82) is 0 Å². The normalized spacial score (nSPS) is 14.2. The van der Waals surface area contributed by atoms with E-state index in [0.717, 1.165) is 24.5 Å². The first-order valence-corrected chi connectivity index (χ1v) is 8.53. The van der Waals surface area contributed by atoms with Gasteiger partial charge in [0, 0.05) is 0 Å². The maximum Gasteiger partial charge on any atom is 0.230 e. The summed E-state index contributed by atoms with van der Waals surface area (Å²) in [4.78, 5) is 17.6. The van der Waals surface area contributed by atoms with Crippen LogP contribution in [0, 0.1) is 24.5 Å². The molecule has 0 unspecified atom stereocenters. The van der Waals surface area contributed by atoms with Crippen LogP contribution in [-0.2, 0) is 16.1 Å². The SMILES string of the molecule is Cc1ccc(F)c(F)c1/C(=N/OCC1CC1)NC(=O)Cc1ccccc1. The van der Waals surface area contributed by atoms with Crippen molar-refractivity contribution in [3.05, 3.63) is 70.8 Å². The van der Waals surface area contributed by atoms with Crippen LogP contribution in [0.5, 0.6) is 0 Å². The summed E-state index contributed by atoms with van der Waals surface area (Å²) < 4.78 is 28.0. The fourth-order valence-corrected chi connectivity index (χ4v) is 2.52. The summed E-state index contributed by atoms with van der Waals surface area (Å²) in [6.07, 6.45) is 2.23. The predicted molar refractivity (Wildman–Crippen MR) is 94.6 cm³/mol. The summed E-state index contributed by atoms with van der Waals surface area (Å²) >= 11 is 0. The third-order valence-corrected chi connectivity index (χ3v) is 4.17. The molecule has 0 saturated heterocycles. The zero-order valence-corrected chi connectivity index (χ0v) is 14.5. The number of rotatable bonds is 6. The third-order valence-electron chi connectivity index (χ3n) is 4.17. The van der Waals surface area contributed by atoms with Gasteiger partial charge in [0.2, 0.25) is 5.91 Å². The van der Waals surface area contributed by atoms with E-state index in [4.69, 9.17) is 4.84 Å². The van der Waals surface area contributed by atoms with Crippen molar-refractivity contribution in [3.8, 4) is 0 Å². The van der Waals surface area contributed by atoms with E-state index in [1.165, 1.54) is 6.07 Å². The van der Waals surface area contributed by atoms with Crippen LogP contribution in [0.2, 0.25) is 0 Å². The largest absolute Gasteiger partial charge is 0.394 e. The molecule has 1 amide bonds. The standard InChI is InChI=1S/C20H20F2N2O2/c1-13-7-10-16(21)19(22)18(13)20(24-26-12-15-8-9-15)23-17(25)11-14-5-3-2-4-6-14/h2-7,10,15H,8-9,11-12H2,1H3,(H,23,24,25). The van der Waals surface area contributed by atoms with Crippen molar-refractivity contribution < 1.29 is 18.4 Å². The van der Waals surface area contributed by atoms with Gasteiger partial charge in [-0.2, -0.15) is 0 Å². The first kappa shape index (κ1) is 18.0. The van der Waals surface area contributed by atoms with E-state index >= 15 is 0 Å². The fraction of sp³-hybridized carbons (Fsp3) is 0.300. The third kappa shape index (κ3) is 4.65. The average Bonchev–Trinajstić information content (AvgIpc) is 3.43. The summed E-state index contributed by atoms with van der Waals surface area (Å²) in [5.41, 5.74) is 1.17. The molecule has 0 atom stereocenters. The number of halogens is 2. The van der Waals surface area contributed by atoms with Gasteiger partial charge < -0.3 is 10.2 Å². The van der Waals surface area contributed by atoms with Crippen molar-refractivity contribution in [2.24, 2.45) is 11.1 Å². The lowest BCUT2D eigenvalue weighted by Crippen LogP contribution is -2.34. The molecule has 2 aromatic rings. The average molecular weight is 358 g/mol. The predicted octanol–water partition coefficient (Wildman–Crippen LogP) is 3.72. The van der Waals surface area contributed by atoms with E-state index in [1.54, 1.807) is 6.92 Å². The van der Waals surface area contributed by atoms with E-state index in [1.807, 2.05) is 30.3 Å². The molecule has 1 saturated carbocycles. The summed E-state index contributed by atoms with van der Waals surface area (Å²) in [6, 6.07) is 11.6. The Bertz CT molecular complexity index is 818. The fourth-order valence-electron chi connectivity index (χ4n) is 2.52. The monoisotopic (exact) mass is 358 g/mol. The van der Waals surface area contributed by atoms with Crippen molar-refractivity contribution in [3.63, 3.8) is 0 Å². The number of nitrogens with one attached hydrogen (secondary N) is 1. The Labute approximate surface area is 150 Å². The lowest BCUT2D eigenvalue weighted by molar-refractivity contribution is -0.119. The zero-order chi connectivity index (χ0) is 18.5. The highest BCUT2D eigenvalue weighted by atomic mass is 19.2. The van der Waals surface area contributed by atoms with Gasteiger partial charge in [0.05, 0.1) is 12.0 Å². The van der Waals surface area contributed by atoms with E-state index in [9.17, 15) is 13.6 Å². The minimum absolute atomic E-state index is 0.0952. The van der Waals surface area contributed by atoms with Crippen LogP contribution in [-0.4, -0.2) is 18.3 Å². The molecule has 1 N–H and O–H groups in total. The Kier molecular flexibility index (Phi) is 5.61. The first-order valence-electron chi connectivity index (χ1n) is 8.53. The number of amidine groups is 1. The summed E-state index contributed by atoms with van der Waals surface area (Å²) in [7, 11) is 0. The van der Waals surface area contributed by atoms with Crippen LogP contribution in [0.25, 0.3) is 0 Å². The van der Waals surface area contributed by atoms with Crippen molar-refractivity contribution in [2.75, 3.05) is 6.61 Å². The van der Waals surface area contributed by atoms with E-state index in [2.05, 4.69) is 10.5 Å². The first-order chi connectivity index (χ1) is 12.5. The Morgan fingerprint density at radius 2 is 1.92 bits per heavy atom. The van der Waals surface area contributed by atoms with Gasteiger partial charge in [0.25, 0.3) is 0 Å². The molecular formula is C20H20F2N2O2. The molecule has 0 radical (unpaired) electrons. The highest BCUT2D eigenvalue weighted by Crippen LogP contribution is 2.29. The molecular weight excluding hydrogens is 338 g/mol. The number of oxime groups is 1. The number of carbonyl (C=O) groups is 1. The lowest BCUT2D eigenvalue weighted by atomic mass is 10.1. The minimum Gasteiger partial charge on any atom is -0.394 e. The quantitative estimate of drug-likeness (QED) is 0.486. The van der Waals surface area contributed by atoms with Gasteiger partial charge in [-0.25, -0.2) is 8.78 Å². The molecule has 0 aliphatic heterocycles. The van der Waals surface area contributed by atoms with E-state index < -0.39 is 11.6 Å². The van der Waals surface area contributed by atoms with Crippen LogP contribution < -0.4 is 5.32 Å². The summed E-state index contributed by atoms with van der Waals surface area (Å²) in [5.74, 6) is -2.11. The van der Waals surface area contributed by atoms with Crippen molar-refractivity contribution in [2.45, 2.75) is 26.2 Å². The topological polar surface area (TPSA) is 50.7 Å². The maximum atomic E-state index is 14.3. The number of hydrogen-bond donors (Lipinski definition) is 1. The molecule has 1 fully saturated rings. The van der Waals surface area contributed by atoms with Gasteiger partial charge in [-0.3, -0.25) is 4.79 Å². The van der Waals surface area contributed by atoms with E-state index in [-0.39, 0.29) is 23.7 Å². The van der Waals surface area contributed by atoms with E-state index in [0.29, 0.717) is 18.1 Å². The molecule has 6 heteroatoms. The highest BCUT2D eigenvalue weighted by molar-refractivity contribution is 6.09. The van der Waals surface area contributed by atoms with Gasteiger partial charge in [0.1, 0.15) is 6.61 Å². The summed E-state index contributed by atoms with van der Waals surface area (Å²) in [6.45, 7) is 2.02. The minimum atomic E-state index is -1.06. The number of carbonyl (C=O) groups excluding carboxylic acids is 1. The molecule has 26 heavy (non-hydrogen) atoms. The van der Waals surface area contributed by atoms with Gasteiger partial charge >= 0.3 is 0 Å². The molecule has 0 aromatic heterocycles. The molecule has 3 rings (SSSR count). The highest BCUT2D eigenvalue weighted by Gasteiger charge is 2.23.